The van der Waals surface area contributed by atoms with Crippen molar-refractivity contribution < 1.29 is 4.79 Å². The summed E-state index contributed by atoms with van der Waals surface area (Å²) in [4.78, 5) is 24.3. The molecule has 0 bridgehead atoms. The van der Waals surface area contributed by atoms with Gasteiger partial charge >= 0.3 is 4.87 Å². The molecule has 5 heteroatoms. The summed E-state index contributed by atoms with van der Waals surface area (Å²) in [7, 11) is 0. The van der Waals surface area contributed by atoms with Gasteiger partial charge in [0.25, 0.3) is 0 Å². The first kappa shape index (κ1) is 19.1. The molecule has 0 aliphatic heterocycles. The van der Waals surface area contributed by atoms with Crippen LogP contribution in [0.3, 0.4) is 0 Å². The van der Waals surface area contributed by atoms with Gasteiger partial charge in [0.1, 0.15) is 6.54 Å². The van der Waals surface area contributed by atoms with Gasteiger partial charge in [-0.25, -0.2) is 0 Å². The molecule has 0 aliphatic rings. The van der Waals surface area contributed by atoms with Gasteiger partial charge in [-0.1, -0.05) is 72.0 Å². The van der Waals surface area contributed by atoms with Crippen molar-refractivity contribution in [1.82, 2.24) is 9.88 Å². The molecule has 0 radical (unpaired) electrons. The SMILES string of the molecule is Cc1csc(=O)n1CC(=O)N[C@@H](CCCc1ccccc1)c1ccccc1. The molecule has 1 amide bonds. The maximum absolute atomic E-state index is 12.6. The Bertz CT molecular complexity index is 916. The molecule has 1 aromatic heterocycles. The molecule has 0 aliphatic carbocycles. The topological polar surface area (TPSA) is 51.1 Å². The molecular weight excluding hydrogens is 356 g/mol. The smallest absolute Gasteiger partial charge is 0.307 e. The molecule has 1 heterocycles. The molecule has 0 fully saturated rings. The highest BCUT2D eigenvalue weighted by molar-refractivity contribution is 7.07. The highest BCUT2D eigenvalue weighted by Gasteiger charge is 2.16. The van der Waals surface area contributed by atoms with Crippen molar-refractivity contribution in [3.63, 3.8) is 0 Å². The number of hydrogen-bond acceptors (Lipinski definition) is 3. The van der Waals surface area contributed by atoms with Gasteiger partial charge in [0, 0.05) is 11.1 Å². The summed E-state index contributed by atoms with van der Waals surface area (Å²) in [5, 5.41) is 4.90. The number of amides is 1. The number of nitrogens with one attached hydrogen (secondary N) is 1. The minimum Gasteiger partial charge on any atom is -0.348 e. The van der Waals surface area contributed by atoms with Crippen LogP contribution in [-0.4, -0.2) is 10.5 Å². The predicted octanol–water partition coefficient (Wildman–Crippen LogP) is 4.10. The number of carbonyl (C=O) groups is 1. The van der Waals surface area contributed by atoms with E-state index in [-0.39, 0.29) is 23.4 Å². The molecule has 3 rings (SSSR count). The van der Waals surface area contributed by atoms with Crippen molar-refractivity contribution in [2.45, 2.75) is 38.8 Å². The molecule has 3 aromatic rings. The van der Waals surface area contributed by atoms with Gasteiger partial charge in [0.2, 0.25) is 5.91 Å². The Balaban J connectivity index is 1.65. The molecular formula is C22H24N2O2S. The van der Waals surface area contributed by atoms with E-state index in [0.717, 1.165) is 41.9 Å². The number of aromatic nitrogens is 1. The van der Waals surface area contributed by atoms with Gasteiger partial charge in [0.15, 0.2) is 0 Å². The Morgan fingerprint density at radius 3 is 2.37 bits per heavy atom. The van der Waals surface area contributed by atoms with E-state index in [9.17, 15) is 9.59 Å². The summed E-state index contributed by atoms with van der Waals surface area (Å²) in [5.41, 5.74) is 3.21. The number of benzene rings is 2. The van der Waals surface area contributed by atoms with Crippen LogP contribution in [0.4, 0.5) is 0 Å². The largest absolute Gasteiger partial charge is 0.348 e. The van der Waals surface area contributed by atoms with Crippen LogP contribution >= 0.6 is 11.3 Å². The van der Waals surface area contributed by atoms with Gasteiger partial charge in [-0.2, -0.15) is 0 Å². The summed E-state index contributed by atoms with van der Waals surface area (Å²) < 4.78 is 1.52. The van der Waals surface area contributed by atoms with Gasteiger partial charge in [-0.15, -0.1) is 0 Å². The van der Waals surface area contributed by atoms with Crippen molar-refractivity contribution in [1.29, 1.82) is 0 Å². The normalized spacial score (nSPS) is 11.9. The van der Waals surface area contributed by atoms with Crippen molar-refractivity contribution in [3.8, 4) is 0 Å². The molecule has 2 aromatic carbocycles. The third-order valence-electron chi connectivity index (χ3n) is 4.62. The van der Waals surface area contributed by atoms with E-state index >= 15 is 0 Å². The molecule has 140 valence electrons. The molecule has 0 spiro atoms. The fourth-order valence-corrected chi connectivity index (χ4v) is 3.88. The average Bonchev–Trinajstić information content (AvgIpc) is 3.01. The standard InChI is InChI=1S/C22H24N2O2S/c1-17-16-27-22(26)24(17)15-21(25)23-20(19-12-6-3-7-13-19)14-8-11-18-9-4-2-5-10-18/h2-7,9-10,12-13,16,20H,8,11,14-15H2,1H3,(H,23,25)/t20-/m0/s1. The lowest BCUT2D eigenvalue weighted by Gasteiger charge is -2.20. The molecule has 4 nitrogen and oxygen atoms in total. The number of hydrogen-bond donors (Lipinski definition) is 1. The first-order chi connectivity index (χ1) is 13.1. The van der Waals surface area contributed by atoms with Crippen LogP contribution in [0.1, 0.15) is 35.7 Å². The summed E-state index contributed by atoms with van der Waals surface area (Å²) in [5.74, 6) is -0.132. The fourth-order valence-electron chi connectivity index (χ4n) is 3.14. The van der Waals surface area contributed by atoms with Crippen LogP contribution in [0.5, 0.6) is 0 Å². The zero-order chi connectivity index (χ0) is 19.1. The van der Waals surface area contributed by atoms with Gasteiger partial charge < -0.3 is 5.32 Å². The van der Waals surface area contributed by atoms with E-state index in [1.807, 2.05) is 55.5 Å². The lowest BCUT2D eigenvalue weighted by atomic mass is 9.99. The lowest BCUT2D eigenvalue weighted by molar-refractivity contribution is -0.122. The second-order valence-corrected chi connectivity index (χ2v) is 7.46. The van der Waals surface area contributed by atoms with E-state index in [4.69, 9.17) is 0 Å². The quantitative estimate of drug-likeness (QED) is 0.640. The number of aryl methyl sites for hydroxylation is 2. The zero-order valence-electron chi connectivity index (χ0n) is 15.4. The number of nitrogens with zero attached hydrogens (tertiary/aromatic N) is 1. The molecule has 0 unspecified atom stereocenters. The first-order valence-electron chi connectivity index (χ1n) is 9.16. The van der Waals surface area contributed by atoms with Crippen LogP contribution < -0.4 is 10.2 Å². The first-order valence-corrected chi connectivity index (χ1v) is 10.0. The predicted molar refractivity (Wildman–Crippen MR) is 110 cm³/mol. The Morgan fingerprint density at radius 1 is 1.07 bits per heavy atom. The van der Waals surface area contributed by atoms with Crippen LogP contribution in [0.25, 0.3) is 0 Å². The summed E-state index contributed by atoms with van der Waals surface area (Å²) in [6, 6.07) is 20.3. The summed E-state index contributed by atoms with van der Waals surface area (Å²) in [6.45, 7) is 1.91. The molecule has 1 atom stereocenters. The van der Waals surface area contributed by atoms with Crippen LogP contribution in [0.2, 0.25) is 0 Å². The Kier molecular flexibility index (Phi) is 6.60. The average molecular weight is 381 g/mol. The fraction of sp³-hybridized carbons (Fsp3) is 0.273. The van der Waals surface area contributed by atoms with E-state index in [2.05, 4.69) is 17.4 Å². The molecule has 1 N–H and O–H groups in total. The van der Waals surface area contributed by atoms with Crippen molar-refractivity contribution >= 4 is 17.2 Å². The third-order valence-corrected chi connectivity index (χ3v) is 5.50. The van der Waals surface area contributed by atoms with E-state index < -0.39 is 0 Å². The van der Waals surface area contributed by atoms with Crippen molar-refractivity contribution in [2.75, 3.05) is 0 Å². The second-order valence-electron chi connectivity index (χ2n) is 6.64. The summed E-state index contributed by atoms with van der Waals surface area (Å²) in [6.07, 6.45) is 2.80. The Hall–Kier alpha value is -2.66. The highest BCUT2D eigenvalue weighted by atomic mass is 32.1. The van der Waals surface area contributed by atoms with E-state index in [1.165, 1.54) is 10.1 Å². The monoisotopic (exact) mass is 380 g/mol. The lowest BCUT2D eigenvalue weighted by Crippen LogP contribution is -2.34. The van der Waals surface area contributed by atoms with Crippen LogP contribution in [0.15, 0.2) is 70.8 Å². The molecule has 27 heavy (non-hydrogen) atoms. The number of rotatable bonds is 8. The third kappa shape index (κ3) is 5.41. The van der Waals surface area contributed by atoms with Gasteiger partial charge in [-0.3, -0.25) is 14.2 Å². The zero-order valence-corrected chi connectivity index (χ0v) is 16.2. The van der Waals surface area contributed by atoms with Gasteiger partial charge in [0.05, 0.1) is 6.04 Å². The number of thiazole rings is 1. The van der Waals surface area contributed by atoms with Crippen LogP contribution in [0, 0.1) is 6.92 Å². The number of carbonyl (C=O) groups excluding carboxylic acids is 1. The molecule has 0 saturated carbocycles. The maximum atomic E-state index is 12.6. The second kappa shape index (κ2) is 9.33. The van der Waals surface area contributed by atoms with Crippen molar-refractivity contribution in [2.24, 2.45) is 0 Å². The van der Waals surface area contributed by atoms with Gasteiger partial charge in [-0.05, 0) is 37.3 Å². The highest BCUT2D eigenvalue weighted by Crippen LogP contribution is 2.20. The Labute approximate surface area is 163 Å². The van der Waals surface area contributed by atoms with Crippen LogP contribution in [-0.2, 0) is 17.8 Å². The van der Waals surface area contributed by atoms with Crippen molar-refractivity contribution in [3.05, 3.63) is 92.5 Å². The summed E-state index contributed by atoms with van der Waals surface area (Å²) >= 11 is 1.13. The Morgan fingerprint density at radius 2 is 1.74 bits per heavy atom. The molecule has 0 saturated heterocycles. The minimum absolute atomic E-state index is 0.0583. The minimum atomic E-state index is -0.132. The van der Waals surface area contributed by atoms with E-state index in [1.54, 1.807) is 5.38 Å². The maximum Gasteiger partial charge on any atom is 0.307 e. The van der Waals surface area contributed by atoms with E-state index in [0.29, 0.717) is 0 Å².